The Morgan fingerprint density at radius 3 is 2.03 bits per heavy atom. The van der Waals surface area contributed by atoms with Crippen LogP contribution in [-0.2, 0) is 49.9 Å². The molecule has 0 spiro atoms. The van der Waals surface area contributed by atoms with E-state index in [-0.39, 0.29) is 56.1 Å². The standard InChI is InChI=1S/C12H14N4O.2HNO3.H2N.2H2O.2Zn/c1-5-13-6-2-9(1)11-15-16-12(17-11)10-3-7-14-8-4-10;2*2-1(3)4;;;;;/h1-2,5,10H,3-4,6-8H2;2*(H,2,3,4);3*1H2;;/q-2;;;-1;;;;+2/p+2. The molecule has 0 unspecified atom stereocenters. The molecule has 0 amide bonds. The molecule has 30 heavy (non-hydrogen) atoms. The molecule has 0 radical (unpaired) electrons. The van der Waals surface area contributed by atoms with Gasteiger partial charge in [0.25, 0.3) is 10.2 Å². The van der Waals surface area contributed by atoms with Crippen molar-refractivity contribution >= 4 is 5.57 Å². The van der Waals surface area contributed by atoms with Crippen molar-refractivity contribution in [2.24, 2.45) is 0 Å². The van der Waals surface area contributed by atoms with Gasteiger partial charge in [-0.3, -0.25) is 0 Å². The van der Waals surface area contributed by atoms with Crippen LogP contribution in [0.2, 0.25) is 0 Å². The summed E-state index contributed by atoms with van der Waals surface area (Å²) in [5.74, 6) is 1.74. The first kappa shape index (κ1) is 38.5. The van der Waals surface area contributed by atoms with Crippen molar-refractivity contribution in [3.8, 4) is 0 Å². The first-order valence-electron chi connectivity index (χ1n) is 7.07. The van der Waals surface area contributed by atoms with Gasteiger partial charge < -0.3 is 42.6 Å². The van der Waals surface area contributed by atoms with Crippen LogP contribution >= 0.6 is 0 Å². The zero-order valence-electron chi connectivity index (χ0n) is 16.1. The average molecular weight is 541 g/mol. The zero-order chi connectivity index (χ0) is 18.7. The van der Waals surface area contributed by atoms with Crippen LogP contribution in [0.25, 0.3) is 22.4 Å². The number of piperidine rings is 1. The first-order chi connectivity index (χ1) is 11.9. The van der Waals surface area contributed by atoms with Gasteiger partial charge in [-0.2, -0.15) is 6.20 Å². The quantitative estimate of drug-likeness (QED) is 0.231. The van der Waals surface area contributed by atoms with E-state index in [1.807, 2.05) is 12.2 Å². The van der Waals surface area contributed by atoms with Crippen molar-refractivity contribution in [1.82, 2.24) is 10.2 Å². The summed E-state index contributed by atoms with van der Waals surface area (Å²) < 4.78 is 5.74. The summed E-state index contributed by atoms with van der Waals surface area (Å²) in [7, 11) is 0. The molecule has 1 fully saturated rings. The topological polar surface area (TPSA) is 293 Å². The fraction of sp³-hybridized carbons (Fsp3) is 0.500. The Bertz CT molecular complexity index is 619. The van der Waals surface area contributed by atoms with Gasteiger partial charge in [0.05, 0.1) is 0 Å². The monoisotopic (exact) mass is 538 g/mol. The molecule has 3 rings (SSSR count). The fourth-order valence-electron chi connectivity index (χ4n) is 2.09. The van der Waals surface area contributed by atoms with Crippen LogP contribution in [0.5, 0.6) is 0 Å². The van der Waals surface area contributed by atoms with Crippen LogP contribution in [-0.4, -0.2) is 50.4 Å². The molecule has 18 heteroatoms. The number of nitrogens with zero attached hydrogens (tertiary/aromatic N) is 6. The van der Waals surface area contributed by atoms with Gasteiger partial charge in [0, 0.05) is 31.0 Å². The second-order valence-electron chi connectivity index (χ2n) is 4.71. The van der Waals surface area contributed by atoms with E-state index in [1.165, 1.54) is 0 Å². The maximum atomic E-state index is 8.36. The number of hydrogen-bond donors (Lipinski definition) is 2. The van der Waals surface area contributed by atoms with Crippen molar-refractivity contribution in [1.29, 1.82) is 0 Å². The molecule has 16 nitrogen and oxygen atoms in total. The average Bonchev–Trinajstić information content (AvgIpc) is 3.05. The molecule has 1 aromatic rings. The Morgan fingerprint density at radius 1 is 1.10 bits per heavy atom. The van der Waals surface area contributed by atoms with Gasteiger partial charge in [-0.05, 0) is 0 Å². The molecule has 0 bridgehead atoms. The predicted molar refractivity (Wildman–Crippen MR) is 97.3 cm³/mol. The Labute approximate surface area is 196 Å². The Kier molecular flexibility index (Phi) is 27.7. The van der Waals surface area contributed by atoms with Crippen LogP contribution in [0.15, 0.2) is 22.8 Å². The molecule has 0 aromatic carbocycles. The molecule has 0 atom stereocenters. The number of allylic oxidation sites excluding steroid dienone is 2. The molecular formula is C12H24N7O9Zn2+. The van der Waals surface area contributed by atoms with E-state index >= 15 is 0 Å². The first-order valence-corrected chi connectivity index (χ1v) is 7.07. The van der Waals surface area contributed by atoms with E-state index in [2.05, 4.69) is 20.8 Å². The van der Waals surface area contributed by atoms with Crippen molar-refractivity contribution in [2.75, 3.05) is 19.6 Å². The van der Waals surface area contributed by atoms with Crippen LogP contribution in [0.4, 0.5) is 0 Å². The largest absolute Gasteiger partial charge is 2.00 e. The van der Waals surface area contributed by atoms with E-state index < -0.39 is 10.2 Å². The molecule has 10 N–H and O–H groups in total. The van der Waals surface area contributed by atoms with Crippen LogP contribution < -0.4 is 0 Å². The summed E-state index contributed by atoms with van der Waals surface area (Å²) in [6.45, 7) is 2.50. The van der Waals surface area contributed by atoms with E-state index in [4.69, 9.17) is 35.1 Å². The minimum absolute atomic E-state index is 0. The van der Waals surface area contributed by atoms with Gasteiger partial charge in [-0.25, -0.2) is 0 Å². The number of hydrogen-bond acceptors (Lipinski definition) is 7. The second-order valence-corrected chi connectivity index (χ2v) is 4.71. The third-order valence-corrected chi connectivity index (χ3v) is 3.08. The minimum atomic E-state index is -1.50. The zero-order valence-corrected chi connectivity index (χ0v) is 22.0. The molecule has 0 aliphatic carbocycles. The summed E-state index contributed by atoms with van der Waals surface area (Å²) in [4.78, 5) is 16.7. The molecular weight excluding hydrogens is 517 g/mol. The molecule has 164 valence electrons. The predicted octanol–water partition coefficient (Wildman–Crippen LogP) is 0.778. The SMILES string of the molecule is C1=CC(c2nnc(C3CC[N-]CC3)o2)=CC[N-]1.O=[N+]([O-])O.O=[N+]([O-])O.[NH2-].[OH3+].[OH3+].[Zn+2].[Zn]. The third kappa shape index (κ3) is 16.8. The molecule has 1 aromatic heterocycles. The molecule has 1 saturated heterocycles. The summed E-state index contributed by atoms with van der Waals surface area (Å²) in [6.07, 6.45) is 7.71. The van der Waals surface area contributed by atoms with Crippen molar-refractivity contribution in [3.63, 3.8) is 0 Å². The van der Waals surface area contributed by atoms with Crippen LogP contribution in [0.1, 0.15) is 30.5 Å². The molecule has 2 aliphatic heterocycles. The van der Waals surface area contributed by atoms with E-state index in [0.29, 0.717) is 18.4 Å². The third-order valence-electron chi connectivity index (χ3n) is 3.08. The number of rotatable bonds is 2. The van der Waals surface area contributed by atoms with Crippen molar-refractivity contribution < 1.29 is 74.9 Å². The van der Waals surface area contributed by atoms with Gasteiger partial charge >= 0.3 is 19.5 Å². The Hall–Kier alpha value is -2.09. The maximum Gasteiger partial charge on any atom is 2.00 e. The van der Waals surface area contributed by atoms with E-state index in [9.17, 15) is 0 Å². The Morgan fingerprint density at radius 2 is 1.60 bits per heavy atom. The van der Waals surface area contributed by atoms with Crippen LogP contribution in [0, 0.1) is 20.2 Å². The number of aromatic nitrogens is 2. The van der Waals surface area contributed by atoms with Gasteiger partial charge in [-0.15, -0.1) is 50.1 Å². The van der Waals surface area contributed by atoms with Crippen LogP contribution in [0.3, 0.4) is 0 Å². The Balaban J connectivity index is -0.000000141. The summed E-state index contributed by atoms with van der Waals surface area (Å²) in [5, 5.41) is 44.0. The van der Waals surface area contributed by atoms with E-state index in [0.717, 1.165) is 37.4 Å². The van der Waals surface area contributed by atoms with E-state index in [1.54, 1.807) is 6.20 Å². The van der Waals surface area contributed by atoms with Gasteiger partial charge in [-0.1, -0.05) is 25.0 Å². The second kappa shape index (κ2) is 21.6. The van der Waals surface area contributed by atoms with Crippen molar-refractivity contribution in [3.05, 3.63) is 67.1 Å². The number of nitrogens with two attached hydrogens (primary N) is 1. The maximum absolute atomic E-state index is 8.36. The van der Waals surface area contributed by atoms with Gasteiger partial charge in [0.2, 0.25) is 11.8 Å². The normalized spacial score (nSPS) is 13.5. The molecule has 3 heterocycles. The van der Waals surface area contributed by atoms with Crippen molar-refractivity contribution in [2.45, 2.75) is 18.8 Å². The van der Waals surface area contributed by atoms with Gasteiger partial charge in [0.15, 0.2) is 0 Å². The van der Waals surface area contributed by atoms with Gasteiger partial charge in [0.1, 0.15) is 0 Å². The smallest absolute Gasteiger partial charge is 0.693 e. The minimum Gasteiger partial charge on any atom is -0.693 e. The molecule has 2 aliphatic rings. The fourth-order valence-corrected chi connectivity index (χ4v) is 2.09. The summed E-state index contributed by atoms with van der Waals surface area (Å²) in [5.41, 5.74) is 0.972. The molecule has 0 saturated carbocycles. The summed E-state index contributed by atoms with van der Waals surface area (Å²) in [6, 6.07) is 0. The summed E-state index contributed by atoms with van der Waals surface area (Å²) >= 11 is 0.